The highest BCUT2D eigenvalue weighted by atomic mass is 35.5. The van der Waals surface area contributed by atoms with Gasteiger partial charge in [-0.2, -0.15) is 0 Å². The number of aromatic nitrogens is 6. The number of aryl methyl sites for hydroxylation is 1. The van der Waals surface area contributed by atoms with Gasteiger partial charge in [-0.15, -0.1) is 0 Å². The first-order chi connectivity index (χ1) is 35.9. The first-order valence-corrected chi connectivity index (χ1v) is 26.8. The number of hydrogen-bond donors (Lipinski definition) is 3. The number of benzene rings is 3. The molecule has 0 amide bonds. The zero-order valence-corrected chi connectivity index (χ0v) is 45.7. The van der Waals surface area contributed by atoms with E-state index in [-0.39, 0.29) is 0 Å². The maximum atomic E-state index is 11.2. The first-order valence-electron chi connectivity index (χ1n) is 26.0. The molecule has 6 aromatic heterocycles. The van der Waals surface area contributed by atoms with Crippen molar-refractivity contribution in [2.45, 2.75) is 103 Å². The van der Waals surface area contributed by atoms with Crippen molar-refractivity contribution in [3.05, 3.63) is 194 Å². The molecule has 14 heteroatoms. The van der Waals surface area contributed by atoms with Crippen molar-refractivity contribution in [1.82, 2.24) is 43.4 Å². The van der Waals surface area contributed by atoms with Crippen LogP contribution in [0.15, 0.2) is 128 Å². The Labute approximate surface area is 450 Å². The number of fused-ring (bicyclic) bond motifs is 9. The predicted molar refractivity (Wildman–Crippen MR) is 302 cm³/mol. The number of pyridine rings is 3. The molecule has 0 saturated carbocycles. The van der Waals surface area contributed by atoms with E-state index in [1.807, 2.05) is 81.4 Å². The van der Waals surface area contributed by atoms with Gasteiger partial charge in [0, 0.05) is 161 Å². The summed E-state index contributed by atoms with van der Waals surface area (Å²) in [5, 5.41) is 38.6. The summed E-state index contributed by atoms with van der Waals surface area (Å²) in [7, 11) is 6.46. The molecule has 3 aromatic carbocycles. The van der Waals surface area contributed by atoms with E-state index in [4.69, 9.17) is 23.2 Å². The van der Waals surface area contributed by atoms with Crippen LogP contribution in [-0.4, -0.2) is 99.4 Å². The van der Waals surface area contributed by atoms with E-state index < -0.39 is 16.8 Å². The van der Waals surface area contributed by atoms with Crippen molar-refractivity contribution < 1.29 is 15.3 Å². The molecule has 0 fully saturated rings. The number of hydrogen-bond acceptors (Lipinski definition) is 9. The third-order valence-corrected chi connectivity index (χ3v) is 16.2. The lowest BCUT2D eigenvalue weighted by Crippen LogP contribution is -2.31. The number of halogens is 2. The van der Waals surface area contributed by atoms with E-state index in [1.54, 1.807) is 37.2 Å². The Morgan fingerprint density at radius 2 is 0.840 bits per heavy atom. The van der Waals surface area contributed by atoms with Gasteiger partial charge in [-0.1, -0.05) is 40.9 Å². The fraction of sp³-hybridized carbons (Fsp3) is 0.361. The highest BCUT2D eigenvalue weighted by Crippen LogP contribution is 2.38. The summed E-state index contributed by atoms with van der Waals surface area (Å²) in [6.07, 6.45) is 13.4. The van der Waals surface area contributed by atoms with Crippen LogP contribution in [0.25, 0.3) is 32.7 Å². The lowest BCUT2D eigenvalue weighted by Gasteiger charge is -2.28. The molecule has 0 saturated heterocycles. The van der Waals surface area contributed by atoms with Crippen LogP contribution in [-0.2, 0) is 75.3 Å². The Kier molecular flexibility index (Phi) is 14.9. The summed E-state index contributed by atoms with van der Waals surface area (Å²) in [6, 6.07) is 30.1. The summed E-state index contributed by atoms with van der Waals surface area (Å²) in [4.78, 5) is 19.3. The average Bonchev–Trinajstić information content (AvgIpc) is 3.98. The quantitative estimate of drug-likeness (QED) is 0.130. The summed E-state index contributed by atoms with van der Waals surface area (Å²) in [5.41, 5.74) is 12.5. The lowest BCUT2D eigenvalue weighted by atomic mass is 9.96. The summed E-state index contributed by atoms with van der Waals surface area (Å²) >= 11 is 12.5. The van der Waals surface area contributed by atoms with Gasteiger partial charge in [-0.3, -0.25) is 15.0 Å². The Bertz CT molecular complexity index is 3110. The van der Waals surface area contributed by atoms with Gasteiger partial charge in [0.2, 0.25) is 0 Å². The van der Waals surface area contributed by atoms with Gasteiger partial charge in [0.25, 0.3) is 0 Å². The fourth-order valence-corrected chi connectivity index (χ4v) is 12.0. The van der Waals surface area contributed by atoms with E-state index in [9.17, 15) is 15.3 Å². The van der Waals surface area contributed by atoms with Crippen molar-refractivity contribution in [1.29, 1.82) is 0 Å². The first kappa shape index (κ1) is 52.5. The zero-order valence-electron chi connectivity index (χ0n) is 44.2. The number of likely N-dealkylation sites (N-methyl/N-ethyl adjacent to an activating group) is 3. The van der Waals surface area contributed by atoms with Crippen LogP contribution < -0.4 is 0 Å². The molecule has 0 radical (unpaired) electrons. The van der Waals surface area contributed by atoms with Crippen molar-refractivity contribution in [3.63, 3.8) is 0 Å². The van der Waals surface area contributed by atoms with Crippen LogP contribution in [0, 0.1) is 6.92 Å². The van der Waals surface area contributed by atoms with Gasteiger partial charge in [-0.05, 0) is 156 Å². The largest absolute Gasteiger partial charge is 0.384 e. The number of aliphatic hydroxyl groups is 3. The van der Waals surface area contributed by atoms with E-state index in [0.29, 0.717) is 19.6 Å². The van der Waals surface area contributed by atoms with Gasteiger partial charge < -0.3 is 43.7 Å². The van der Waals surface area contributed by atoms with Crippen LogP contribution in [0.3, 0.4) is 0 Å². The fourth-order valence-electron chi connectivity index (χ4n) is 11.7. The van der Waals surface area contributed by atoms with Crippen molar-refractivity contribution in [2.24, 2.45) is 0 Å². The second-order valence-electron chi connectivity index (χ2n) is 21.9. The monoisotopic (exact) mass is 1050 g/mol. The molecule has 0 spiro atoms. The molecule has 0 bridgehead atoms. The minimum absolute atomic E-state index is 0.496. The highest BCUT2D eigenvalue weighted by molar-refractivity contribution is 6.31. The lowest BCUT2D eigenvalue weighted by molar-refractivity contribution is 0.0378. The Balaban J connectivity index is 0.000000128. The van der Waals surface area contributed by atoms with Gasteiger partial charge in [0.15, 0.2) is 0 Å². The van der Waals surface area contributed by atoms with Crippen LogP contribution in [0.4, 0.5) is 0 Å². The Hall–Kier alpha value is -5.93. The molecular weight excluding hydrogens is 978 g/mol. The molecule has 0 aliphatic carbocycles. The molecular formula is C61H69Cl2N9O3. The third kappa shape index (κ3) is 10.9. The van der Waals surface area contributed by atoms with Crippen LogP contribution in [0.2, 0.25) is 10.0 Å². The van der Waals surface area contributed by atoms with Crippen molar-refractivity contribution >= 4 is 55.9 Å². The molecule has 12 nitrogen and oxygen atoms in total. The summed E-state index contributed by atoms with van der Waals surface area (Å²) in [6.45, 7) is 15.2. The smallest absolute Gasteiger partial charge is 0.106 e. The predicted octanol–water partition coefficient (Wildman–Crippen LogP) is 10.4. The Morgan fingerprint density at radius 1 is 0.467 bits per heavy atom. The molecule has 9 aromatic rings. The van der Waals surface area contributed by atoms with E-state index in [1.165, 1.54) is 61.0 Å². The molecule has 75 heavy (non-hydrogen) atoms. The summed E-state index contributed by atoms with van der Waals surface area (Å²) < 4.78 is 6.87. The van der Waals surface area contributed by atoms with Crippen molar-refractivity contribution in [2.75, 3.05) is 40.8 Å². The average molecular weight is 1050 g/mol. The maximum Gasteiger partial charge on any atom is 0.106 e. The van der Waals surface area contributed by atoms with Crippen LogP contribution in [0.5, 0.6) is 0 Å². The minimum Gasteiger partial charge on any atom is -0.384 e. The molecule has 3 N–H and O–H groups in total. The molecule has 3 unspecified atom stereocenters. The van der Waals surface area contributed by atoms with Crippen molar-refractivity contribution in [3.8, 4) is 0 Å². The number of nitrogens with zero attached hydrogens (tertiary/aromatic N) is 9. The second kappa shape index (κ2) is 21.2. The molecule has 390 valence electrons. The van der Waals surface area contributed by atoms with E-state index >= 15 is 0 Å². The van der Waals surface area contributed by atoms with Gasteiger partial charge in [0.05, 0.1) is 19.6 Å². The third-order valence-electron chi connectivity index (χ3n) is 15.7. The maximum absolute atomic E-state index is 11.2. The topological polar surface area (TPSA) is 124 Å². The van der Waals surface area contributed by atoms with E-state index in [2.05, 4.69) is 102 Å². The standard InChI is InChI=1S/C21H25N3O.2C20H22ClN3O/c1-15-4-5-19-17(12-15)18-13-23(3)11-8-20(18)24(19)14-21(2,25)16-6-9-22-10-7-16;1-20(25,14-5-8-22-9-6-14)13-24-18-4-3-15(21)11-16(18)17-12-23(2)10-7-19(17)24;1-20(25,14-4-3-8-22-11-14)13-24-18-6-5-15(21)10-16(18)17-12-23(2)9-7-19(17)24/h4-7,9-10,12,25H,8,11,13-14H2,1-3H3;3-6,8-9,11,25H,7,10,12-13H2,1-2H3;3-6,8,10-11,25H,7,9,12-13H2,1-2H3. The highest BCUT2D eigenvalue weighted by Gasteiger charge is 2.32. The minimum atomic E-state index is -0.989. The van der Waals surface area contributed by atoms with Gasteiger partial charge >= 0.3 is 0 Å². The molecule has 3 aliphatic heterocycles. The summed E-state index contributed by atoms with van der Waals surface area (Å²) in [5.74, 6) is 0. The second-order valence-corrected chi connectivity index (χ2v) is 22.7. The number of rotatable bonds is 9. The molecule has 3 atom stereocenters. The molecule has 9 heterocycles. The Morgan fingerprint density at radius 3 is 1.23 bits per heavy atom. The SMILES string of the molecule is CN1CCc2c(c3cc(Cl)ccc3n2CC(C)(O)c2cccnc2)C1.CN1CCc2c(c3cc(Cl)ccc3n2CC(C)(O)c2ccncc2)C1.Cc1ccc2c(c1)c1c(n2CC(C)(O)c2ccncc2)CCN(C)C1. The normalized spacial score (nSPS) is 17.4. The van der Waals surface area contributed by atoms with Gasteiger partial charge in [-0.25, -0.2) is 0 Å². The molecule has 12 rings (SSSR count). The van der Waals surface area contributed by atoms with Crippen LogP contribution >= 0.6 is 23.2 Å². The van der Waals surface area contributed by atoms with Gasteiger partial charge in [0.1, 0.15) is 16.8 Å². The van der Waals surface area contributed by atoms with E-state index in [0.717, 1.165) is 96.3 Å². The zero-order chi connectivity index (χ0) is 52.8. The van der Waals surface area contributed by atoms with Crippen LogP contribution in [0.1, 0.15) is 76.8 Å². The molecule has 3 aliphatic rings.